The highest BCUT2D eigenvalue weighted by Gasteiger charge is 2.53. The van der Waals surface area contributed by atoms with Gasteiger partial charge < -0.3 is 10.6 Å². The van der Waals surface area contributed by atoms with Gasteiger partial charge in [-0.15, -0.1) is 0 Å². The van der Waals surface area contributed by atoms with Crippen LogP contribution in [0.15, 0.2) is 12.8 Å². The molecule has 0 aromatic rings. The van der Waals surface area contributed by atoms with Crippen molar-refractivity contribution in [1.29, 1.82) is 0 Å². The van der Waals surface area contributed by atoms with Gasteiger partial charge in [0.2, 0.25) is 0 Å². The lowest BCUT2D eigenvalue weighted by molar-refractivity contribution is -0.0681. The maximum Gasteiger partial charge on any atom is 0.318 e. The van der Waals surface area contributed by atoms with Crippen LogP contribution < -0.4 is 10.6 Å². The van der Waals surface area contributed by atoms with Crippen LogP contribution in [0.25, 0.3) is 0 Å². The van der Waals surface area contributed by atoms with Gasteiger partial charge >= 0.3 is 6.03 Å². The topological polar surface area (TPSA) is 41.1 Å². The van der Waals surface area contributed by atoms with Gasteiger partial charge in [-0.2, -0.15) is 0 Å². The van der Waals surface area contributed by atoms with Gasteiger partial charge in [0, 0.05) is 6.04 Å². The molecule has 2 amide bonds. The van der Waals surface area contributed by atoms with Gasteiger partial charge in [0.15, 0.2) is 0 Å². The van der Waals surface area contributed by atoms with Gasteiger partial charge in [-0.1, -0.05) is 6.58 Å². The monoisotopic (exact) mass is 248 g/mol. The van der Waals surface area contributed by atoms with E-state index in [0.717, 1.165) is 17.8 Å². The second-order valence-electron chi connectivity index (χ2n) is 6.82. The Morgan fingerprint density at radius 2 is 1.72 bits per heavy atom. The zero-order valence-corrected chi connectivity index (χ0v) is 11.2. The van der Waals surface area contributed by atoms with Gasteiger partial charge in [0.1, 0.15) is 0 Å². The average Bonchev–Trinajstić information content (AvgIpc) is 2.27. The van der Waals surface area contributed by atoms with Crippen molar-refractivity contribution in [3.05, 3.63) is 12.8 Å². The number of urea groups is 1. The average molecular weight is 248 g/mol. The van der Waals surface area contributed by atoms with E-state index in [-0.39, 0.29) is 12.1 Å². The molecule has 100 valence electrons. The molecule has 4 fully saturated rings. The minimum atomic E-state index is -0.103. The molecule has 0 aromatic heterocycles. The minimum Gasteiger partial charge on any atom is -0.335 e. The van der Waals surface area contributed by atoms with Crippen molar-refractivity contribution >= 4 is 6.03 Å². The predicted molar refractivity (Wildman–Crippen MR) is 71.9 cm³/mol. The van der Waals surface area contributed by atoms with Gasteiger partial charge in [-0.3, -0.25) is 0 Å². The molecule has 1 unspecified atom stereocenters. The van der Waals surface area contributed by atoms with E-state index in [1.165, 1.54) is 44.7 Å². The van der Waals surface area contributed by atoms with Crippen molar-refractivity contribution in [2.45, 2.75) is 51.5 Å². The highest BCUT2D eigenvalue weighted by Crippen LogP contribution is 2.61. The molecule has 2 N–H and O–H groups in total. The fourth-order valence-electron chi connectivity index (χ4n) is 5.19. The van der Waals surface area contributed by atoms with Crippen LogP contribution in [0, 0.1) is 23.2 Å². The highest BCUT2D eigenvalue weighted by molar-refractivity contribution is 5.75. The van der Waals surface area contributed by atoms with E-state index < -0.39 is 0 Å². The second kappa shape index (κ2) is 4.29. The molecule has 4 bridgehead atoms. The minimum absolute atomic E-state index is 0.103. The third kappa shape index (κ3) is 1.94. The molecule has 0 spiro atoms. The maximum atomic E-state index is 11.7. The summed E-state index contributed by atoms with van der Waals surface area (Å²) in [6, 6.07) is 0.180. The van der Waals surface area contributed by atoms with Gasteiger partial charge in [0.25, 0.3) is 0 Å². The summed E-state index contributed by atoms with van der Waals surface area (Å²) >= 11 is 0. The molecule has 4 aliphatic rings. The lowest BCUT2D eigenvalue weighted by Gasteiger charge is -2.59. The zero-order valence-electron chi connectivity index (χ0n) is 11.2. The summed E-state index contributed by atoms with van der Waals surface area (Å²) in [6.07, 6.45) is 9.78. The Morgan fingerprint density at radius 3 is 2.17 bits per heavy atom. The summed E-state index contributed by atoms with van der Waals surface area (Å²) in [7, 11) is 0. The molecule has 4 rings (SSSR count). The highest BCUT2D eigenvalue weighted by atomic mass is 16.2. The van der Waals surface area contributed by atoms with Crippen LogP contribution in [-0.2, 0) is 0 Å². The normalized spacial score (nSPS) is 42.4. The zero-order chi connectivity index (χ0) is 12.8. The van der Waals surface area contributed by atoms with Gasteiger partial charge in [0.05, 0.1) is 0 Å². The Bertz CT molecular complexity index is 328. The molecule has 0 saturated heterocycles. The number of nitrogens with one attached hydrogen (secondary N) is 2. The quantitative estimate of drug-likeness (QED) is 0.792. The Morgan fingerprint density at radius 1 is 1.22 bits per heavy atom. The number of carbonyl (C=O) groups is 1. The standard InChI is InChI=1S/C15H24N2O/c1-3-16-14(18)17-10(2)15-7-11-4-12(8-15)6-13(5-11)9-15/h3,10-13H,1,4-9H2,2H3,(H2,16,17,18). The van der Waals surface area contributed by atoms with Crippen molar-refractivity contribution in [2.75, 3.05) is 0 Å². The first-order valence-electron chi connectivity index (χ1n) is 7.29. The van der Waals surface area contributed by atoms with Crippen molar-refractivity contribution in [2.24, 2.45) is 23.2 Å². The van der Waals surface area contributed by atoms with Crippen LogP contribution in [-0.4, -0.2) is 12.1 Å². The van der Waals surface area contributed by atoms with Crippen LogP contribution in [0.2, 0.25) is 0 Å². The third-order valence-corrected chi connectivity index (χ3v) is 5.58. The smallest absolute Gasteiger partial charge is 0.318 e. The molecule has 3 heteroatoms. The molecule has 4 aliphatic carbocycles. The van der Waals surface area contributed by atoms with Crippen LogP contribution in [0.4, 0.5) is 4.79 Å². The fourth-order valence-corrected chi connectivity index (χ4v) is 5.19. The molecular weight excluding hydrogens is 224 g/mol. The van der Waals surface area contributed by atoms with E-state index in [4.69, 9.17) is 0 Å². The van der Waals surface area contributed by atoms with E-state index in [1.807, 2.05) is 0 Å². The van der Waals surface area contributed by atoms with Crippen LogP contribution in [0.3, 0.4) is 0 Å². The molecule has 0 aliphatic heterocycles. The number of carbonyl (C=O) groups excluding carboxylic acids is 1. The first kappa shape index (κ1) is 12.1. The molecule has 1 atom stereocenters. The molecule has 18 heavy (non-hydrogen) atoms. The van der Waals surface area contributed by atoms with Gasteiger partial charge in [-0.25, -0.2) is 4.79 Å². The molecule has 4 saturated carbocycles. The Kier molecular flexibility index (Phi) is 2.87. The summed E-state index contributed by atoms with van der Waals surface area (Å²) in [5.41, 5.74) is 0.382. The van der Waals surface area contributed by atoms with Crippen molar-refractivity contribution in [3.63, 3.8) is 0 Å². The number of rotatable bonds is 3. The summed E-state index contributed by atoms with van der Waals surface area (Å²) in [4.78, 5) is 11.7. The Hall–Kier alpha value is -0.990. The lowest BCUT2D eigenvalue weighted by atomic mass is 9.48. The first-order chi connectivity index (χ1) is 8.61. The number of hydrogen-bond acceptors (Lipinski definition) is 1. The lowest BCUT2D eigenvalue weighted by Crippen LogP contribution is -2.56. The summed E-state index contributed by atoms with van der Waals surface area (Å²) < 4.78 is 0. The number of hydrogen-bond donors (Lipinski definition) is 2. The molecule has 0 heterocycles. The van der Waals surface area contributed by atoms with Crippen LogP contribution in [0.1, 0.15) is 45.4 Å². The molecule has 3 nitrogen and oxygen atoms in total. The fraction of sp³-hybridized carbons (Fsp3) is 0.800. The largest absolute Gasteiger partial charge is 0.335 e. The van der Waals surface area contributed by atoms with E-state index in [2.05, 4.69) is 24.1 Å². The predicted octanol–water partition coefficient (Wildman–Crippen LogP) is 3.03. The maximum absolute atomic E-state index is 11.7. The molecule has 0 radical (unpaired) electrons. The van der Waals surface area contributed by atoms with Crippen molar-refractivity contribution in [3.8, 4) is 0 Å². The second-order valence-corrected chi connectivity index (χ2v) is 6.82. The van der Waals surface area contributed by atoms with Crippen LogP contribution >= 0.6 is 0 Å². The van der Waals surface area contributed by atoms with E-state index in [9.17, 15) is 4.79 Å². The SMILES string of the molecule is C=CNC(=O)NC(C)C12CC3CC(CC(C3)C1)C2. The first-order valence-corrected chi connectivity index (χ1v) is 7.29. The van der Waals surface area contributed by atoms with E-state index in [1.54, 1.807) is 0 Å². The van der Waals surface area contributed by atoms with Crippen molar-refractivity contribution < 1.29 is 4.79 Å². The van der Waals surface area contributed by atoms with E-state index >= 15 is 0 Å². The third-order valence-electron chi connectivity index (χ3n) is 5.58. The Labute approximate surface area is 109 Å². The summed E-state index contributed by atoms with van der Waals surface area (Å²) in [5.74, 6) is 2.80. The van der Waals surface area contributed by atoms with Crippen LogP contribution in [0.5, 0.6) is 0 Å². The summed E-state index contributed by atoms with van der Waals surface area (Å²) in [5, 5.41) is 5.74. The Balaban J connectivity index is 1.70. The van der Waals surface area contributed by atoms with Crippen molar-refractivity contribution in [1.82, 2.24) is 10.6 Å². The number of amides is 2. The molecule has 0 aromatic carbocycles. The van der Waals surface area contributed by atoms with Gasteiger partial charge in [-0.05, 0) is 74.8 Å². The summed E-state index contributed by atoms with van der Waals surface area (Å²) in [6.45, 7) is 5.72. The molecular formula is C15H24N2O. The van der Waals surface area contributed by atoms with E-state index in [0.29, 0.717) is 5.41 Å².